The number of amides is 1. The van der Waals surface area contributed by atoms with Crippen molar-refractivity contribution in [3.63, 3.8) is 0 Å². The van der Waals surface area contributed by atoms with Crippen LogP contribution in [0.4, 0.5) is 0 Å². The molecule has 1 N–H and O–H groups in total. The van der Waals surface area contributed by atoms with Crippen molar-refractivity contribution in [3.8, 4) is 11.5 Å². The first-order valence-electron chi connectivity index (χ1n) is 8.04. The summed E-state index contributed by atoms with van der Waals surface area (Å²) < 4.78 is 5.68. The monoisotopic (exact) mass is 338 g/mol. The van der Waals surface area contributed by atoms with Crippen LogP contribution in [-0.2, 0) is 17.6 Å². The molecule has 122 valence electrons. The summed E-state index contributed by atoms with van der Waals surface area (Å²) in [4.78, 5) is 16.7. The Morgan fingerprint density at radius 1 is 1.38 bits per heavy atom. The van der Waals surface area contributed by atoms with Gasteiger partial charge in [-0.2, -0.15) is 11.3 Å². The van der Waals surface area contributed by atoms with Gasteiger partial charge in [-0.15, -0.1) is 0 Å². The van der Waals surface area contributed by atoms with Gasteiger partial charge in [-0.1, -0.05) is 24.3 Å². The fourth-order valence-electron chi connectivity index (χ4n) is 3.10. The average Bonchev–Trinajstić information content (AvgIpc) is 3.19. The molecular formula is C19H18N2O2S. The molecule has 0 unspecified atom stereocenters. The van der Waals surface area contributed by atoms with E-state index in [4.69, 9.17) is 4.42 Å². The van der Waals surface area contributed by atoms with Crippen molar-refractivity contribution in [2.45, 2.75) is 25.7 Å². The molecule has 0 radical (unpaired) electrons. The molecule has 5 heteroatoms. The van der Waals surface area contributed by atoms with E-state index in [1.54, 1.807) is 11.3 Å². The van der Waals surface area contributed by atoms with Crippen LogP contribution in [0, 0.1) is 6.92 Å². The Balaban J connectivity index is 1.35. The topological polar surface area (TPSA) is 55.1 Å². The van der Waals surface area contributed by atoms with E-state index in [0.717, 1.165) is 12.0 Å². The van der Waals surface area contributed by atoms with Crippen LogP contribution < -0.4 is 5.32 Å². The number of carbonyl (C=O) groups excluding carboxylic acids is 1. The van der Waals surface area contributed by atoms with Gasteiger partial charge in [-0.05, 0) is 35.9 Å². The predicted octanol–water partition coefficient (Wildman–Crippen LogP) is 3.71. The van der Waals surface area contributed by atoms with E-state index >= 15 is 0 Å². The lowest BCUT2D eigenvalue weighted by molar-refractivity contribution is -0.120. The SMILES string of the molecule is Cc1oc(-c2ccsc2)nc1CC(=O)NC[C@@H]1Cc2ccccc21. The maximum atomic E-state index is 12.2. The van der Waals surface area contributed by atoms with Gasteiger partial charge >= 0.3 is 0 Å². The van der Waals surface area contributed by atoms with Crippen LogP contribution in [0.1, 0.15) is 28.5 Å². The Morgan fingerprint density at radius 3 is 3.04 bits per heavy atom. The van der Waals surface area contributed by atoms with Crippen LogP contribution in [0.5, 0.6) is 0 Å². The van der Waals surface area contributed by atoms with Gasteiger partial charge in [0.25, 0.3) is 0 Å². The zero-order valence-electron chi connectivity index (χ0n) is 13.4. The lowest BCUT2D eigenvalue weighted by Crippen LogP contribution is -2.34. The lowest BCUT2D eigenvalue weighted by atomic mass is 9.77. The second kappa shape index (κ2) is 6.24. The van der Waals surface area contributed by atoms with Crippen molar-refractivity contribution in [2.24, 2.45) is 0 Å². The first-order valence-corrected chi connectivity index (χ1v) is 8.98. The van der Waals surface area contributed by atoms with Gasteiger partial charge < -0.3 is 9.73 Å². The molecule has 1 amide bonds. The fourth-order valence-corrected chi connectivity index (χ4v) is 3.73. The van der Waals surface area contributed by atoms with E-state index < -0.39 is 0 Å². The van der Waals surface area contributed by atoms with Gasteiger partial charge in [0.15, 0.2) is 0 Å². The minimum atomic E-state index is -0.00681. The number of fused-ring (bicyclic) bond motifs is 1. The highest BCUT2D eigenvalue weighted by atomic mass is 32.1. The number of aromatic nitrogens is 1. The summed E-state index contributed by atoms with van der Waals surface area (Å²) in [6.45, 7) is 2.54. The Morgan fingerprint density at radius 2 is 2.25 bits per heavy atom. The molecule has 2 aromatic heterocycles. The number of nitrogens with zero attached hydrogens (tertiary/aromatic N) is 1. The molecule has 24 heavy (non-hydrogen) atoms. The van der Waals surface area contributed by atoms with Gasteiger partial charge in [0.2, 0.25) is 11.8 Å². The van der Waals surface area contributed by atoms with Gasteiger partial charge in [0.1, 0.15) is 5.76 Å². The first-order chi connectivity index (χ1) is 11.7. The van der Waals surface area contributed by atoms with Crippen molar-refractivity contribution < 1.29 is 9.21 Å². The molecule has 0 saturated heterocycles. The molecule has 1 aliphatic rings. The predicted molar refractivity (Wildman–Crippen MR) is 94.2 cm³/mol. The number of carbonyl (C=O) groups is 1. The smallest absolute Gasteiger partial charge is 0.227 e. The van der Waals surface area contributed by atoms with Crippen molar-refractivity contribution in [3.05, 3.63) is 63.7 Å². The van der Waals surface area contributed by atoms with Crippen molar-refractivity contribution >= 4 is 17.2 Å². The van der Waals surface area contributed by atoms with E-state index in [1.807, 2.05) is 23.8 Å². The van der Waals surface area contributed by atoms with E-state index in [-0.39, 0.29) is 12.3 Å². The number of thiophene rings is 1. The van der Waals surface area contributed by atoms with Gasteiger partial charge in [-0.3, -0.25) is 4.79 Å². The summed E-state index contributed by atoms with van der Waals surface area (Å²) in [6.07, 6.45) is 1.30. The molecule has 0 saturated carbocycles. The normalized spacial score (nSPS) is 15.6. The minimum Gasteiger partial charge on any atom is -0.441 e. The Kier molecular flexibility index (Phi) is 3.94. The summed E-state index contributed by atoms with van der Waals surface area (Å²) in [5.74, 6) is 1.72. The Hall–Kier alpha value is -2.40. The third-order valence-electron chi connectivity index (χ3n) is 4.50. The highest BCUT2D eigenvalue weighted by Crippen LogP contribution is 2.34. The highest BCUT2D eigenvalue weighted by Gasteiger charge is 2.25. The highest BCUT2D eigenvalue weighted by molar-refractivity contribution is 7.08. The molecule has 3 aromatic rings. The van der Waals surface area contributed by atoms with Crippen molar-refractivity contribution in [1.82, 2.24) is 10.3 Å². The summed E-state index contributed by atoms with van der Waals surface area (Å²) in [5.41, 5.74) is 4.42. The number of hydrogen-bond acceptors (Lipinski definition) is 4. The Bertz CT molecular complexity index is 867. The van der Waals surface area contributed by atoms with Crippen LogP contribution in [0.3, 0.4) is 0 Å². The molecule has 2 heterocycles. The number of oxazole rings is 1. The lowest BCUT2D eigenvalue weighted by Gasteiger charge is -2.30. The van der Waals surface area contributed by atoms with Crippen LogP contribution in [0.25, 0.3) is 11.5 Å². The summed E-state index contributed by atoms with van der Waals surface area (Å²) in [6, 6.07) is 10.4. The number of rotatable bonds is 5. The standard InChI is InChI=1S/C19H18N2O2S/c1-12-17(21-19(23-12)14-6-7-24-11-14)9-18(22)20-10-15-8-13-4-2-3-5-16(13)15/h2-7,11,15H,8-10H2,1H3,(H,20,22)/t15-/m0/s1. The zero-order chi connectivity index (χ0) is 16.5. The molecule has 0 aliphatic heterocycles. The number of nitrogens with one attached hydrogen (secondary N) is 1. The van der Waals surface area contributed by atoms with E-state index in [2.05, 4.69) is 34.6 Å². The first kappa shape index (κ1) is 15.1. The van der Waals surface area contributed by atoms with Crippen molar-refractivity contribution in [2.75, 3.05) is 6.54 Å². The van der Waals surface area contributed by atoms with E-state index in [9.17, 15) is 4.79 Å². The van der Waals surface area contributed by atoms with Gasteiger partial charge in [0.05, 0.1) is 12.1 Å². The summed E-state index contributed by atoms with van der Waals surface area (Å²) in [5, 5.41) is 7.00. The van der Waals surface area contributed by atoms with Crippen LogP contribution in [0.2, 0.25) is 0 Å². The average molecular weight is 338 g/mol. The number of benzene rings is 1. The third-order valence-corrected chi connectivity index (χ3v) is 5.18. The third kappa shape index (κ3) is 2.87. The molecule has 0 spiro atoms. The summed E-state index contributed by atoms with van der Waals surface area (Å²) in [7, 11) is 0. The Labute approximate surface area is 144 Å². The fraction of sp³-hybridized carbons (Fsp3) is 0.263. The largest absolute Gasteiger partial charge is 0.441 e. The van der Waals surface area contributed by atoms with Crippen LogP contribution in [-0.4, -0.2) is 17.4 Å². The number of hydrogen-bond donors (Lipinski definition) is 1. The molecule has 4 rings (SSSR count). The number of aryl methyl sites for hydroxylation is 1. The van der Waals surface area contributed by atoms with E-state index in [0.29, 0.717) is 29.8 Å². The second-order valence-corrected chi connectivity index (χ2v) is 6.89. The molecule has 0 bridgehead atoms. The summed E-state index contributed by atoms with van der Waals surface area (Å²) >= 11 is 1.60. The zero-order valence-corrected chi connectivity index (χ0v) is 14.2. The van der Waals surface area contributed by atoms with Crippen LogP contribution >= 0.6 is 11.3 Å². The molecule has 0 fully saturated rings. The second-order valence-electron chi connectivity index (χ2n) is 6.11. The van der Waals surface area contributed by atoms with Crippen LogP contribution in [0.15, 0.2) is 45.5 Å². The maximum Gasteiger partial charge on any atom is 0.227 e. The molecule has 1 aliphatic carbocycles. The molecule has 1 atom stereocenters. The van der Waals surface area contributed by atoms with Gasteiger partial charge in [0, 0.05) is 23.4 Å². The maximum absolute atomic E-state index is 12.2. The van der Waals surface area contributed by atoms with Gasteiger partial charge in [-0.25, -0.2) is 4.98 Å². The molecule has 4 nitrogen and oxygen atoms in total. The quantitative estimate of drug-likeness (QED) is 0.771. The molecule has 1 aromatic carbocycles. The van der Waals surface area contributed by atoms with Crippen molar-refractivity contribution in [1.29, 1.82) is 0 Å². The minimum absolute atomic E-state index is 0.00681. The molecular weight excluding hydrogens is 320 g/mol. The van der Waals surface area contributed by atoms with E-state index in [1.165, 1.54) is 11.1 Å².